The van der Waals surface area contributed by atoms with Crippen molar-refractivity contribution in [3.8, 4) is 33.4 Å². The fourth-order valence-corrected chi connectivity index (χ4v) is 7.61. The maximum absolute atomic E-state index is 5.64. The van der Waals surface area contributed by atoms with Crippen LogP contribution in [0.1, 0.15) is 72.7 Å². The van der Waals surface area contributed by atoms with Crippen LogP contribution in [0.15, 0.2) is 97.1 Å². The zero-order valence-corrected chi connectivity index (χ0v) is 30.1. The Labute approximate surface area is 294 Å². The van der Waals surface area contributed by atoms with Crippen LogP contribution in [-0.4, -0.2) is 19.9 Å². The molecule has 0 unspecified atom stereocenters. The lowest BCUT2D eigenvalue weighted by Crippen LogP contribution is -1.91. The van der Waals surface area contributed by atoms with E-state index in [-0.39, 0.29) is 0 Å². The number of hydrogen-bond acceptors (Lipinski definition) is 2. The summed E-state index contributed by atoms with van der Waals surface area (Å²) in [6.07, 6.45) is 0. The predicted molar refractivity (Wildman–Crippen MR) is 213 cm³/mol. The molecule has 4 heteroatoms. The monoisotopic (exact) mass is 650 g/mol. The van der Waals surface area contributed by atoms with Crippen molar-refractivity contribution >= 4 is 44.4 Å². The van der Waals surface area contributed by atoms with Crippen LogP contribution >= 0.6 is 0 Å². The number of nitrogens with zero attached hydrogens (tertiary/aromatic N) is 2. The van der Waals surface area contributed by atoms with Crippen LogP contribution in [0.25, 0.3) is 77.7 Å². The summed E-state index contributed by atoms with van der Waals surface area (Å²) in [6, 6.07) is 34.3. The van der Waals surface area contributed by atoms with Gasteiger partial charge < -0.3 is 9.97 Å². The fraction of sp³-hybridized carbons (Fsp3) is 0.174. The molecule has 0 amide bonds. The van der Waals surface area contributed by atoms with Crippen LogP contribution < -0.4 is 0 Å². The number of aromatic nitrogens is 4. The van der Waals surface area contributed by atoms with E-state index in [1.807, 2.05) is 0 Å². The highest BCUT2D eigenvalue weighted by molar-refractivity contribution is 6.06. The van der Waals surface area contributed by atoms with E-state index in [4.69, 9.17) is 9.97 Å². The summed E-state index contributed by atoms with van der Waals surface area (Å²) in [4.78, 5) is 19.0. The first kappa shape index (κ1) is 31.5. The third-order valence-electron chi connectivity index (χ3n) is 11.1. The molecule has 3 aromatic carbocycles. The van der Waals surface area contributed by atoms with Gasteiger partial charge in [0.2, 0.25) is 0 Å². The molecule has 5 heterocycles. The SMILES string of the molecule is CC1=C(C)c2nc1cc1[nH]c(c(C)c1C)c(-c1ccccc1)c1nc(c(-c3ccccc3)c3[nH]c(c(C)c3C)c2-c2ccccc2)C(C)=C1C. The normalized spacial score (nSPS) is 13.0. The van der Waals surface area contributed by atoms with Gasteiger partial charge in [-0.2, -0.15) is 0 Å². The number of rotatable bonds is 3. The third-order valence-corrected chi connectivity index (χ3v) is 11.1. The van der Waals surface area contributed by atoms with E-state index in [1.165, 1.54) is 44.5 Å². The molecule has 8 rings (SSSR count). The molecule has 0 aliphatic carbocycles. The zero-order valence-electron chi connectivity index (χ0n) is 30.1. The number of allylic oxidation sites excluding steroid dienone is 4. The van der Waals surface area contributed by atoms with E-state index in [0.717, 1.165) is 78.2 Å². The van der Waals surface area contributed by atoms with Crippen LogP contribution in [0.2, 0.25) is 0 Å². The van der Waals surface area contributed by atoms with Gasteiger partial charge in [0.1, 0.15) is 0 Å². The van der Waals surface area contributed by atoms with Crippen molar-refractivity contribution in [2.24, 2.45) is 0 Å². The zero-order chi connectivity index (χ0) is 34.8. The molecule has 246 valence electrons. The smallest absolute Gasteiger partial charge is 0.0769 e. The van der Waals surface area contributed by atoms with Crippen LogP contribution in [0.5, 0.6) is 0 Å². The number of hydrogen-bond donors (Lipinski definition) is 2. The molecule has 50 heavy (non-hydrogen) atoms. The molecule has 0 radical (unpaired) electrons. The molecule has 0 spiro atoms. The summed E-state index contributed by atoms with van der Waals surface area (Å²) in [6.45, 7) is 17.8. The van der Waals surface area contributed by atoms with Gasteiger partial charge in [-0.3, -0.25) is 0 Å². The van der Waals surface area contributed by atoms with E-state index in [2.05, 4.69) is 162 Å². The molecule has 6 aromatic rings. The Morgan fingerprint density at radius 1 is 0.380 bits per heavy atom. The van der Waals surface area contributed by atoms with Crippen LogP contribution in [0.3, 0.4) is 0 Å². The molecular formula is C46H42N4. The maximum Gasteiger partial charge on any atom is 0.0769 e. The minimum absolute atomic E-state index is 0.980. The summed E-state index contributed by atoms with van der Waals surface area (Å²) in [5.41, 5.74) is 24.6. The first-order valence-electron chi connectivity index (χ1n) is 17.5. The van der Waals surface area contributed by atoms with Crippen molar-refractivity contribution in [2.45, 2.75) is 55.4 Å². The van der Waals surface area contributed by atoms with Gasteiger partial charge in [0.15, 0.2) is 0 Å². The summed E-state index contributed by atoms with van der Waals surface area (Å²) in [5, 5.41) is 0. The van der Waals surface area contributed by atoms with Crippen LogP contribution in [0.4, 0.5) is 0 Å². The van der Waals surface area contributed by atoms with Crippen molar-refractivity contribution in [1.82, 2.24) is 19.9 Å². The van der Waals surface area contributed by atoms with Gasteiger partial charge in [-0.25, -0.2) is 9.97 Å². The molecule has 0 saturated carbocycles. The predicted octanol–water partition coefficient (Wildman–Crippen LogP) is 12.5. The fourth-order valence-electron chi connectivity index (χ4n) is 7.61. The van der Waals surface area contributed by atoms with E-state index < -0.39 is 0 Å². The standard InChI is InChI=1S/C46H42N4/c1-25-27(3)41-38(33-18-12-9-13-19-33)43-29(5)31(7)45(49-43)40(35-22-16-11-17-23-35)46-32(8)30(6)44(50-46)39(34-20-14-10-15-21-34)42-28(4)26(2)37(48-42)24-36(25)47-41/h9-24,47,50H,1-8H3. The van der Waals surface area contributed by atoms with Gasteiger partial charge in [0.05, 0.1) is 39.3 Å². The molecule has 0 fully saturated rings. The first-order valence-corrected chi connectivity index (χ1v) is 17.5. The molecule has 0 saturated heterocycles. The van der Waals surface area contributed by atoms with Gasteiger partial charge >= 0.3 is 0 Å². The summed E-state index contributed by atoms with van der Waals surface area (Å²) >= 11 is 0. The van der Waals surface area contributed by atoms with Gasteiger partial charge in [0.25, 0.3) is 0 Å². The topological polar surface area (TPSA) is 57.4 Å². The second kappa shape index (κ2) is 12.0. The van der Waals surface area contributed by atoms with Crippen LogP contribution in [0, 0.1) is 27.7 Å². The average molecular weight is 651 g/mol. The van der Waals surface area contributed by atoms with Crippen LogP contribution in [-0.2, 0) is 0 Å². The van der Waals surface area contributed by atoms with E-state index in [0.29, 0.717) is 0 Å². The summed E-state index contributed by atoms with van der Waals surface area (Å²) < 4.78 is 0. The van der Waals surface area contributed by atoms with E-state index in [1.54, 1.807) is 0 Å². The molecule has 4 nitrogen and oxygen atoms in total. The molecule has 2 aliphatic rings. The first-order chi connectivity index (χ1) is 24.2. The molecule has 2 aliphatic heterocycles. The van der Waals surface area contributed by atoms with Gasteiger partial charge in [-0.05, 0) is 123 Å². The number of aryl methyl sites for hydroxylation is 4. The second-order valence-corrected chi connectivity index (χ2v) is 13.8. The number of benzene rings is 3. The van der Waals surface area contributed by atoms with Crippen molar-refractivity contribution in [3.05, 3.63) is 142 Å². The van der Waals surface area contributed by atoms with Crippen molar-refractivity contribution in [2.75, 3.05) is 0 Å². The van der Waals surface area contributed by atoms with Crippen molar-refractivity contribution < 1.29 is 0 Å². The highest BCUT2D eigenvalue weighted by atomic mass is 14.8. The van der Waals surface area contributed by atoms with Crippen molar-refractivity contribution in [3.63, 3.8) is 0 Å². The Kier molecular flexibility index (Phi) is 7.56. The molecule has 3 aromatic heterocycles. The number of H-pyrrole nitrogens is 2. The highest BCUT2D eigenvalue weighted by Gasteiger charge is 2.26. The molecule has 8 bridgehead atoms. The van der Waals surface area contributed by atoms with Gasteiger partial charge in [-0.15, -0.1) is 0 Å². The lowest BCUT2D eigenvalue weighted by Gasteiger charge is -2.08. The molecular weight excluding hydrogens is 609 g/mol. The highest BCUT2D eigenvalue weighted by Crippen LogP contribution is 2.45. The Bertz CT molecular complexity index is 2540. The second-order valence-electron chi connectivity index (χ2n) is 13.8. The Balaban J connectivity index is 1.69. The van der Waals surface area contributed by atoms with Gasteiger partial charge in [-0.1, -0.05) is 91.0 Å². The van der Waals surface area contributed by atoms with E-state index >= 15 is 0 Å². The average Bonchev–Trinajstić information content (AvgIpc) is 3.78. The quantitative estimate of drug-likeness (QED) is 0.200. The lowest BCUT2D eigenvalue weighted by atomic mass is 9.95. The Hall–Kier alpha value is -5.74. The van der Waals surface area contributed by atoms with Crippen molar-refractivity contribution in [1.29, 1.82) is 0 Å². The molecule has 0 atom stereocenters. The Morgan fingerprint density at radius 2 is 0.740 bits per heavy atom. The molecule has 2 N–H and O–H groups in total. The van der Waals surface area contributed by atoms with E-state index in [9.17, 15) is 0 Å². The number of fused-ring (bicyclic) bond motifs is 8. The minimum atomic E-state index is 0.980. The maximum atomic E-state index is 5.64. The lowest BCUT2D eigenvalue weighted by molar-refractivity contribution is 1.28. The third kappa shape index (κ3) is 4.81. The summed E-state index contributed by atoms with van der Waals surface area (Å²) in [5.74, 6) is 0. The summed E-state index contributed by atoms with van der Waals surface area (Å²) in [7, 11) is 0. The number of nitrogens with one attached hydrogen (secondary N) is 2. The minimum Gasteiger partial charge on any atom is -0.354 e. The largest absolute Gasteiger partial charge is 0.354 e. The van der Waals surface area contributed by atoms with Gasteiger partial charge in [0, 0.05) is 22.2 Å². The Morgan fingerprint density at radius 3 is 1.18 bits per heavy atom. The number of aromatic amines is 2.